The van der Waals surface area contributed by atoms with E-state index in [1.807, 2.05) is 66.7 Å². The molecule has 3 aromatic rings. The van der Waals surface area contributed by atoms with E-state index in [0.717, 1.165) is 29.2 Å². The molecule has 3 atom stereocenters. The molecule has 0 unspecified atom stereocenters. The van der Waals surface area contributed by atoms with Gasteiger partial charge < -0.3 is 20.6 Å². The van der Waals surface area contributed by atoms with Crippen LogP contribution in [0.25, 0.3) is 10.8 Å². The van der Waals surface area contributed by atoms with Crippen molar-refractivity contribution >= 4 is 52.5 Å². The van der Waals surface area contributed by atoms with Gasteiger partial charge in [-0.2, -0.15) is 0 Å². The average molecular weight is 600 g/mol. The summed E-state index contributed by atoms with van der Waals surface area (Å²) in [4.78, 5) is 42.2. The number of carbonyl (C=O) groups excluding carboxylic acids is 3. The normalized spacial score (nSPS) is 16.1. The maximum Gasteiger partial charge on any atom is 0.308 e. The van der Waals surface area contributed by atoms with Gasteiger partial charge in [0.1, 0.15) is 0 Å². The average Bonchev–Trinajstić information content (AvgIpc) is 3.49. The predicted octanol–water partition coefficient (Wildman–Crippen LogP) is 4.86. The van der Waals surface area contributed by atoms with Crippen LogP contribution in [0.2, 0.25) is 6.82 Å². The Morgan fingerprint density at radius 1 is 1.02 bits per heavy atom. The number of thiocarbonyl (C=S) groups is 1. The summed E-state index contributed by atoms with van der Waals surface area (Å²) < 4.78 is 0. The Kier molecular flexibility index (Phi) is 11.5. The van der Waals surface area contributed by atoms with E-state index in [1.54, 1.807) is 17.8 Å². The second kappa shape index (κ2) is 15.3. The van der Waals surface area contributed by atoms with Crippen molar-refractivity contribution in [3.05, 3.63) is 83.9 Å². The van der Waals surface area contributed by atoms with Crippen LogP contribution >= 0.6 is 12.2 Å². The third-order valence-electron chi connectivity index (χ3n) is 8.16. The molecule has 226 valence electrons. The largest absolute Gasteiger partial charge is 0.449 e. The SMILES string of the molecule is CB(O)[C@H](CC(C)C)NC(=S)[C@@H](CC(=O)[C@@H]1CCCN1C(=O)CNC(=O)c1cccc2ccccc12)Cc1ccccc1. The van der Waals surface area contributed by atoms with Crippen molar-refractivity contribution in [1.82, 2.24) is 15.5 Å². The first-order valence-electron chi connectivity index (χ1n) is 15.2. The highest BCUT2D eigenvalue weighted by atomic mass is 32.1. The molecule has 7 nitrogen and oxygen atoms in total. The minimum Gasteiger partial charge on any atom is -0.449 e. The van der Waals surface area contributed by atoms with Crippen LogP contribution in [-0.2, 0) is 16.0 Å². The fourth-order valence-electron chi connectivity index (χ4n) is 5.90. The van der Waals surface area contributed by atoms with Gasteiger partial charge in [0.2, 0.25) is 5.91 Å². The highest BCUT2D eigenvalue weighted by molar-refractivity contribution is 7.80. The van der Waals surface area contributed by atoms with Crippen LogP contribution in [-0.4, -0.2) is 64.5 Å². The molecule has 4 rings (SSSR count). The Bertz CT molecular complexity index is 1430. The van der Waals surface area contributed by atoms with Gasteiger partial charge in [0, 0.05) is 30.4 Å². The number of rotatable bonds is 13. The first-order valence-corrected chi connectivity index (χ1v) is 15.6. The van der Waals surface area contributed by atoms with Gasteiger partial charge in [-0.05, 0) is 54.0 Å². The summed E-state index contributed by atoms with van der Waals surface area (Å²) in [5.74, 6) is -0.744. The number of fused-ring (bicyclic) bond motifs is 1. The summed E-state index contributed by atoms with van der Waals surface area (Å²) in [5.41, 5.74) is 1.58. The van der Waals surface area contributed by atoms with E-state index in [1.165, 1.54) is 0 Å². The number of benzene rings is 3. The zero-order chi connectivity index (χ0) is 30.9. The molecule has 3 N–H and O–H groups in total. The number of hydrogen-bond acceptors (Lipinski definition) is 5. The van der Waals surface area contributed by atoms with Gasteiger partial charge in [-0.1, -0.05) is 99.6 Å². The number of Topliss-reactive ketones (excluding diaryl/α,β-unsaturated/α-hetero) is 1. The second-order valence-electron chi connectivity index (χ2n) is 12.0. The van der Waals surface area contributed by atoms with E-state index >= 15 is 0 Å². The summed E-state index contributed by atoms with van der Waals surface area (Å²) in [7, 11) is 0. The molecule has 2 amide bonds. The van der Waals surface area contributed by atoms with Crippen LogP contribution in [0.15, 0.2) is 72.8 Å². The number of carbonyl (C=O) groups is 3. The topological polar surface area (TPSA) is 98.7 Å². The van der Waals surface area contributed by atoms with E-state index in [9.17, 15) is 19.4 Å². The van der Waals surface area contributed by atoms with Crippen molar-refractivity contribution in [2.75, 3.05) is 13.1 Å². The first kappa shape index (κ1) is 32.4. The third kappa shape index (κ3) is 8.74. The minimum absolute atomic E-state index is 0.0335. The van der Waals surface area contributed by atoms with Gasteiger partial charge in [-0.3, -0.25) is 14.4 Å². The molecule has 1 aliphatic heterocycles. The van der Waals surface area contributed by atoms with Crippen LogP contribution in [0.4, 0.5) is 0 Å². The van der Waals surface area contributed by atoms with Gasteiger partial charge in [0.25, 0.3) is 5.91 Å². The molecule has 3 aromatic carbocycles. The Morgan fingerprint density at radius 2 is 1.72 bits per heavy atom. The number of likely N-dealkylation sites (tertiary alicyclic amines) is 1. The zero-order valence-corrected chi connectivity index (χ0v) is 26.1. The summed E-state index contributed by atoms with van der Waals surface area (Å²) in [6.45, 7) is 5.65. The molecule has 0 radical (unpaired) electrons. The molecule has 9 heteroatoms. The molecule has 1 aliphatic rings. The molecule has 0 bridgehead atoms. The fourth-order valence-corrected chi connectivity index (χ4v) is 6.21. The van der Waals surface area contributed by atoms with Crippen molar-refractivity contribution in [3.63, 3.8) is 0 Å². The predicted molar refractivity (Wildman–Crippen MR) is 177 cm³/mol. The lowest BCUT2D eigenvalue weighted by molar-refractivity contribution is -0.137. The van der Waals surface area contributed by atoms with E-state index in [4.69, 9.17) is 12.2 Å². The van der Waals surface area contributed by atoms with E-state index < -0.39 is 13.0 Å². The van der Waals surface area contributed by atoms with Crippen LogP contribution in [0, 0.1) is 11.8 Å². The zero-order valence-electron chi connectivity index (χ0n) is 25.3. The lowest BCUT2D eigenvalue weighted by atomic mass is 9.61. The number of nitrogens with one attached hydrogen (secondary N) is 2. The van der Waals surface area contributed by atoms with Gasteiger partial charge in [0.15, 0.2) is 5.78 Å². The summed E-state index contributed by atoms with van der Waals surface area (Å²) in [6, 6.07) is 22.5. The molecule has 0 spiro atoms. The highest BCUT2D eigenvalue weighted by Gasteiger charge is 2.36. The Labute approximate surface area is 260 Å². The Hall–Kier alpha value is -3.56. The van der Waals surface area contributed by atoms with E-state index in [0.29, 0.717) is 35.9 Å². The minimum atomic E-state index is -0.597. The van der Waals surface area contributed by atoms with E-state index in [2.05, 4.69) is 24.5 Å². The Balaban J connectivity index is 1.42. The molecule has 0 saturated carbocycles. The lowest BCUT2D eigenvalue weighted by Gasteiger charge is -2.29. The van der Waals surface area contributed by atoms with Gasteiger partial charge >= 0.3 is 6.92 Å². The van der Waals surface area contributed by atoms with Crippen molar-refractivity contribution in [3.8, 4) is 0 Å². The highest BCUT2D eigenvalue weighted by Crippen LogP contribution is 2.24. The summed E-state index contributed by atoms with van der Waals surface area (Å²) in [6.07, 6.45) is 2.83. The van der Waals surface area contributed by atoms with Crippen molar-refractivity contribution in [1.29, 1.82) is 0 Å². The lowest BCUT2D eigenvalue weighted by Crippen LogP contribution is -2.49. The number of nitrogens with zero attached hydrogens (tertiary/aromatic N) is 1. The van der Waals surface area contributed by atoms with Crippen molar-refractivity contribution in [2.45, 2.75) is 64.8 Å². The standard InChI is InChI=1S/C34H42BN3O4S/c1-23(2)19-31(35(3)42)37-34(43)26(20-24-11-5-4-6-12-24)21-30(39)29-17-10-18-38(29)32(40)22-36-33(41)28-16-9-14-25-13-7-8-15-27(25)28/h4-9,11-16,23,26,29,31,42H,10,17-22H2,1-3H3,(H,36,41)(H,37,43)/t26-,29+,31+/m1/s1. The molecule has 1 fully saturated rings. The third-order valence-corrected chi connectivity index (χ3v) is 8.61. The van der Waals surface area contributed by atoms with Crippen LogP contribution in [0.5, 0.6) is 0 Å². The molecule has 1 heterocycles. The molecular weight excluding hydrogens is 557 g/mol. The Morgan fingerprint density at radius 3 is 2.44 bits per heavy atom. The van der Waals surface area contributed by atoms with Crippen molar-refractivity contribution < 1.29 is 19.4 Å². The van der Waals surface area contributed by atoms with Crippen LogP contribution in [0.1, 0.15) is 55.5 Å². The molecule has 1 saturated heterocycles. The number of hydrogen-bond donors (Lipinski definition) is 3. The smallest absolute Gasteiger partial charge is 0.308 e. The molecule has 43 heavy (non-hydrogen) atoms. The fraction of sp³-hybridized carbons (Fsp3) is 0.412. The summed E-state index contributed by atoms with van der Waals surface area (Å²) in [5, 5.41) is 18.3. The number of ketones is 1. The maximum atomic E-state index is 13.8. The van der Waals surface area contributed by atoms with Crippen LogP contribution < -0.4 is 10.6 Å². The van der Waals surface area contributed by atoms with Gasteiger partial charge in [-0.25, -0.2) is 0 Å². The van der Waals surface area contributed by atoms with Crippen molar-refractivity contribution in [2.24, 2.45) is 11.8 Å². The number of amides is 2. The van der Waals surface area contributed by atoms with Gasteiger partial charge in [-0.15, -0.1) is 0 Å². The summed E-state index contributed by atoms with van der Waals surface area (Å²) >= 11 is 5.84. The molecule has 0 aliphatic carbocycles. The van der Waals surface area contributed by atoms with Gasteiger partial charge in [0.05, 0.1) is 17.6 Å². The molecular formula is C34H42BN3O4S. The second-order valence-corrected chi connectivity index (χ2v) is 12.4. The van der Waals surface area contributed by atoms with E-state index in [-0.39, 0.29) is 42.4 Å². The quantitative estimate of drug-likeness (QED) is 0.192. The molecule has 0 aromatic heterocycles. The first-order chi connectivity index (χ1) is 20.6. The monoisotopic (exact) mass is 599 g/mol. The van der Waals surface area contributed by atoms with Crippen LogP contribution in [0.3, 0.4) is 0 Å². The maximum absolute atomic E-state index is 13.8.